The number of aromatic nitrogens is 1. The Labute approximate surface area is 239 Å². The minimum atomic E-state index is -0.826. The fourth-order valence-corrected chi connectivity index (χ4v) is 5.39. The van der Waals surface area contributed by atoms with Crippen LogP contribution in [0.5, 0.6) is 0 Å². The highest BCUT2D eigenvalue weighted by atomic mass is 35.5. The van der Waals surface area contributed by atoms with E-state index in [1.165, 1.54) is 11.0 Å². The van der Waals surface area contributed by atoms with Crippen LogP contribution in [0.25, 0.3) is 11.1 Å². The summed E-state index contributed by atoms with van der Waals surface area (Å²) in [6.07, 6.45) is -0.670. The van der Waals surface area contributed by atoms with Gasteiger partial charge >= 0.3 is 0 Å². The number of carbonyl (C=O) groups excluding carboxylic acids is 2. The molecule has 0 spiro atoms. The van der Waals surface area contributed by atoms with Crippen molar-refractivity contribution in [2.24, 2.45) is 5.92 Å². The lowest BCUT2D eigenvalue weighted by Crippen LogP contribution is -2.48. The number of β-amino-alcohol motifs (C(OH)–C–C–N with tert-alkyl or cyclic N) is 1. The molecule has 1 saturated heterocycles. The Morgan fingerprint density at radius 1 is 1.15 bits per heavy atom. The summed E-state index contributed by atoms with van der Waals surface area (Å²) in [6, 6.07) is 12.3. The van der Waals surface area contributed by atoms with Gasteiger partial charge in [0.2, 0.25) is 11.8 Å². The molecule has 2 amide bonds. The third-order valence-corrected chi connectivity index (χ3v) is 7.74. The van der Waals surface area contributed by atoms with Crippen LogP contribution in [-0.2, 0) is 15.0 Å². The zero-order valence-corrected chi connectivity index (χ0v) is 24.5. The maximum absolute atomic E-state index is 14.3. The van der Waals surface area contributed by atoms with Crippen molar-refractivity contribution < 1.29 is 23.6 Å². The van der Waals surface area contributed by atoms with Gasteiger partial charge in [-0.3, -0.25) is 9.59 Å². The summed E-state index contributed by atoms with van der Waals surface area (Å²) in [4.78, 5) is 28.7. The zero-order chi connectivity index (χ0) is 29.4. The monoisotopic (exact) mass is 569 g/mol. The Bertz CT molecular complexity index is 1350. The van der Waals surface area contributed by atoms with Crippen LogP contribution >= 0.6 is 11.6 Å². The summed E-state index contributed by atoms with van der Waals surface area (Å²) in [5.74, 6) is -1.34. The van der Waals surface area contributed by atoms with E-state index >= 15 is 0 Å². The molecule has 9 heteroatoms. The summed E-state index contributed by atoms with van der Waals surface area (Å²) in [6.45, 7) is 11.8. The van der Waals surface area contributed by atoms with Crippen LogP contribution in [0.1, 0.15) is 76.9 Å². The fourth-order valence-electron chi connectivity index (χ4n) is 5.11. The highest BCUT2D eigenvalue weighted by Crippen LogP contribution is 2.34. The minimum Gasteiger partial charge on any atom is -0.391 e. The smallest absolute Gasteiger partial charge is 0.243 e. The third-order valence-electron chi connectivity index (χ3n) is 7.42. The van der Waals surface area contributed by atoms with E-state index in [9.17, 15) is 19.1 Å². The first-order chi connectivity index (χ1) is 18.8. The molecule has 1 fully saturated rings. The molecule has 4 rings (SSSR count). The molecule has 2 aromatic carbocycles. The molecule has 3 aromatic rings. The van der Waals surface area contributed by atoms with E-state index in [0.717, 1.165) is 11.3 Å². The molecule has 1 aliphatic heterocycles. The molecule has 1 aliphatic rings. The molecule has 0 bridgehead atoms. The molecule has 0 saturated carbocycles. The van der Waals surface area contributed by atoms with Crippen molar-refractivity contribution in [3.63, 3.8) is 0 Å². The Hall–Kier alpha value is -3.23. The number of carbonyl (C=O) groups is 2. The number of hydrogen-bond donors (Lipinski definition) is 2. The molecular weight excluding hydrogens is 533 g/mol. The van der Waals surface area contributed by atoms with Crippen LogP contribution in [-0.4, -0.2) is 45.7 Å². The molecule has 214 valence electrons. The molecule has 2 heterocycles. The standard InChI is InChI=1S/C31H37ClFN3O4/c1-17(2)27(25-15-26(35-40-25)31(4,5)6)30(39)36-16-21(37)14-24(36)29(38)34-18(3)19-10-12-20(13-11-19)28-22(32)8-7-9-23(28)33/h7-13,15,17-18,21,24,27,37H,14,16H2,1-6H3,(H,34,38)/t18-,21+,24-,27+/m0/s1. The van der Waals surface area contributed by atoms with E-state index in [4.69, 9.17) is 16.1 Å². The predicted molar refractivity (Wildman–Crippen MR) is 152 cm³/mol. The van der Waals surface area contributed by atoms with Gasteiger partial charge in [-0.2, -0.15) is 0 Å². The van der Waals surface area contributed by atoms with Gasteiger partial charge in [0.25, 0.3) is 0 Å². The van der Waals surface area contributed by atoms with Crippen molar-refractivity contribution in [2.45, 2.75) is 77.5 Å². The fraction of sp³-hybridized carbons (Fsp3) is 0.452. The Kier molecular flexibility index (Phi) is 8.71. The van der Waals surface area contributed by atoms with Gasteiger partial charge in [-0.15, -0.1) is 0 Å². The number of aliphatic hydroxyl groups is 1. The van der Waals surface area contributed by atoms with Gasteiger partial charge in [-0.05, 0) is 36.1 Å². The first kappa shape index (κ1) is 29.7. The largest absolute Gasteiger partial charge is 0.391 e. The first-order valence-corrected chi connectivity index (χ1v) is 14.0. The zero-order valence-electron chi connectivity index (χ0n) is 23.7. The number of aliphatic hydroxyl groups excluding tert-OH is 1. The quantitative estimate of drug-likeness (QED) is 0.363. The van der Waals surface area contributed by atoms with Gasteiger partial charge in [0, 0.05) is 30.0 Å². The third kappa shape index (κ3) is 6.23. The van der Waals surface area contributed by atoms with E-state index < -0.39 is 29.9 Å². The van der Waals surface area contributed by atoms with Crippen LogP contribution < -0.4 is 5.32 Å². The lowest BCUT2D eigenvalue weighted by atomic mass is 9.88. The van der Waals surface area contributed by atoms with Crippen molar-refractivity contribution in [2.75, 3.05) is 6.54 Å². The number of nitrogens with zero attached hydrogens (tertiary/aromatic N) is 2. The number of hydrogen-bond acceptors (Lipinski definition) is 5. The van der Waals surface area contributed by atoms with Crippen molar-refractivity contribution in [3.8, 4) is 11.1 Å². The number of halogens is 2. The summed E-state index contributed by atoms with van der Waals surface area (Å²) >= 11 is 6.20. The molecule has 0 unspecified atom stereocenters. The van der Waals surface area contributed by atoms with Crippen molar-refractivity contribution in [3.05, 3.63) is 76.4 Å². The maximum Gasteiger partial charge on any atom is 0.243 e. The number of benzene rings is 2. The van der Waals surface area contributed by atoms with E-state index in [-0.39, 0.29) is 36.1 Å². The van der Waals surface area contributed by atoms with Gasteiger partial charge in [0.05, 0.1) is 22.9 Å². The number of nitrogens with one attached hydrogen (secondary N) is 1. The summed E-state index contributed by atoms with van der Waals surface area (Å²) < 4.78 is 19.9. The maximum atomic E-state index is 14.3. The number of amides is 2. The molecule has 2 N–H and O–H groups in total. The normalized spacial score (nSPS) is 19.1. The highest BCUT2D eigenvalue weighted by Gasteiger charge is 2.43. The van der Waals surface area contributed by atoms with Gasteiger partial charge in [-0.25, -0.2) is 4.39 Å². The lowest BCUT2D eigenvalue weighted by Gasteiger charge is -2.29. The summed E-state index contributed by atoms with van der Waals surface area (Å²) in [5, 5.41) is 17.9. The molecule has 0 radical (unpaired) electrons. The van der Waals surface area contributed by atoms with Crippen LogP contribution in [0.15, 0.2) is 53.1 Å². The highest BCUT2D eigenvalue weighted by molar-refractivity contribution is 6.33. The average Bonchev–Trinajstić information content (AvgIpc) is 3.51. The minimum absolute atomic E-state index is 0.0624. The molecule has 40 heavy (non-hydrogen) atoms. The molecule has 0 aliphatic carbocycles. The van der Waals surface area contributed by atoms with Gasteiger partial charge in [-0.1, -0.05) is 81.7 Å². The van der Waals surface area contributed by atoms with E-state index in [2.05, 4.69) is 10.5 Å². The molecule has 4 atom stereocenters. The summed E-state index contributed by atoms with van der Waals surface area (Å²) in [5.41, 5.74) is 2.26. The molecule has 1 aromatic heterocycles. The Morgan fingerprint density at radius 3 is 2.40 bits per heavy atom. The first-order valence-electron chi connectivity index (χ1n) is 13.6. The topological polar surface area (TPSA) is 95.7 Å². The van der Waals surface area contributed by atoms with E-state index in [1.807, 2.05) is 47.6 Å². The second-order valence-corrected chi connectivity index (χ2v) is 12.3. The predicted octanol–water partition coefficient (Wildman–Crippen LogP) is 6.01. The van der Waals surface area contributed by atoms with Crippen LogP contribution in [0.4, 0.5) is 4.39 Å². The lowest BCUT2D eigenvalue weighted by molar-refractivity contribution is -0.141. The van der Waals surface area contributed by atoms with Gasteiger partial charge in [0.15, 0.2) is 0 Å². The molecular formula is C31H37ClFN3O4. The SMILES string of the molecule is CC(C)[C@@H](C(=O)N1C[C@H](O)C[C@H]1C(=O)N[C@@H](C)c1ccc(-c2c(F)cccc2Cl)cc1)c1cc(C(C)(C)C)no1. The van der Waals surface area contributed by atoms with Crippen molar-refractivity contribution >= 4 is 23.4 Å². The van der Waals surface area contributed by atoms with Gasteiger partial charge < -0.3 is 19.8 Å². The van der Waals surface area contributed by atoms with Crippen molar-refractivity contribution in [1.29, 1.82) is 0 Å². The summed E-state index contributed by atoms with van der Waals surface area (Å²) in [7, 11) is 0. The van der Waals surface area contributed by atoms with Crippen LogP contribution in [0.2, 0.25) is 5.02 Å². The number of rotatable bonds is 7. The van der Waals surface area contributed by atoms with E-state index in [1.54, 1.807) is 36.4 Å². The second-order valence-electron chi connectivity index (χ2n) is 11.9. The van der Waals surface area contributed by atoms with E-state index in [0.29, 0.717) is 21.9 Å². The Morgan fingerprint density at radius 2 is 1.82 bits per heavy atom. The van der Waals surface area contributed by atoms with Crippen LogP contribution in [0, 0.1) is 11.7 Å². The molecule has 7 nitrogen and oxygen atoms in total. The number of likely N-dealkylation sites (tertiary alicyclic amines) is 1. The average molecular weight is 570 g/mol. The van der Waals surface area contributed by atoms with Crippen molar-refractivity contribution in [1.82, 2.24) is 15.4 Å². The van der Waals surface area contributed by atoms with Gasteiger partial charge in [0.1, 0.15) is 23.5 Å². The van der Waals surface area contributed by atoms with Crippen LogP contribution in [0.3, 0.4) is 0 Å². The second kappa shape index (κ2) is 11.7. The Balaban J connectivity index is 1.50.